The molecule has 1 N–H and O–H groups in total. The number of aromatic nitrogens is 2. The number of hydrogen-bond acceptors (Lipinski definition) is 7. The van der Waals surface area contributed by atoms with E-state index in [1.54, 1.807) is 42.5 Å². The minimum atomic E-state index is -0.657. The molecule has 4 aromatic rings. The van der Waals surface area contributed by atoms with Gasteiger partial charge in [-0.3, -0.25) is 14.2 Å². The minimum Gasteiger partial charge on any atom is -0.506 e. The summed E-state index contributed by atoms with van der Waals surface area (Å²) >= 11 is 7.15. The first-order valence-electron chi connectivity index (χ1n) is 9.56. The van der Waals surface area contributed by atoms with Gasteiger partial charge in [-0.1, -0.05) is 11.6 Å². The van der Waals surface area contributed by atoms with E-state index in [4.69, 9.17) is 21.4 Å². The van der Waals surface area contributed by atoms with Crippen LogP contribution in [0.5, 0.6) is 11.5 Å². The lowest BCUT2D eigenvalue weighted by Crippen LogP contribution is -2.34. The Morgan fingerprint density at radius 1 is 1.25 bits per heavy atom. The zero-order valence-corrected chi connectivity index (χ0v) is 18.5. The fraction of sp³-hybridized carbons (Fsp3) is 0.136. The van der Waals surface area contributed by atoms with Crippen LogP contribution in [-0.2, 0) is 11.5 Å². The average Bonchev–Trinajstić information content (AvgIpc) is 3.42. The van der Waals surface area contributed by atoms with Crippen LogP contribution in [0.1, 0.15) is 21.6 Å². The summed E-state index contributed by atoms with van der Waals surface area (Å²) < 4.78 is 5.56. The molecular formula is C22H16ClN3O5S. The van der Waals surface area contributed by atoms with E-state index in [0.717, 1.165) is 22.8 Å². The Labute approximate surface area is 190 Å². The number of carbonyl (C=O) groups excluding carboxylic acids is 1. The van der Waals surface area contributed by atoms with E-state index in [-0.39, 0.29) is 17.6 Å². The summed E-state index contributed by atoms with van der Waals surface area (Å²) in [6, 6.07) is 11.6. The molecule has 1 aliphatic heterocycles. The van der Waals surface area contributed by atoms with Gasteiger partial charge in [0, 0.05) is 28.7 Å². The van der Waals surface area contributed by atoms with Crippen molar-refractivity contribution in [3.63, 3.8) is 0 Å². The lowest BCUT2D eigenvalue weighted by Gasteiger charge is -2.19. The van der Waals surface area contributed by atoms with Crippen molar-refractivity contribution in [2.75, 3.05) is 11.9 Å². The molecule has 8 nitrogen and oxygen atoms in total. The van der Waals surface area contributed by atoms with Crippen LogP contribution in [0.2, 0.25) is 5.02 Å². The fourth-order valence-electron chi connectivity index (χ4n) is 3.61. The number of aryl methyl sites for hydroxylation is 1. The quantitative estimate of drug-likeness (QED) is 0.451. The molecule has 1 aliphatic rings. The van der Waals surface area contributed by atoms with Gasteiger partial charge in [-0.15, -0.1) is 0 Å². The highest BCUT2D eigenvalue weighted by Gasteiger charge is 2.28. The van der Waals surface area contributed by atoms with Gasteiger partial charge in [0.25, 0.3) is 11.5 Å². The van der Waals surface area contributed by atoms with Crippen molar-refractivity contribution in [3.8, 4) is 17.2 Å². The molecule has 2 aromatic carbocycles. The summed E-state index contributed by atoms with van der Waals surface area (Å²) in [6.07, 6.45) is 0. The number of benzene rings is 2. The Bertz CT molecular complexity index is 1440. The van der Waals surface area contributed by atoms with E-state index < -0.39 is 17.2 Å². The van der Waals surface area contributed by atoms with Crippen molar-refractivity contribution in [1.82, 2.24) is 8.94 Å². The monoisotopic (exact) mass is 469 g/mol. The standard InChI is InChI=1S/C22H16ClN3O5S/c1-11-7-18(32-24-11)25(2)21(28)19-20(27)15-9-17-12(10-30-31-17)8-16(15)26(22(19)29)14-5-3-13(23)4-6-14/h3-9,27H,10H2,1-2H3. The van der Waals surface area contributed by atoms with Gasteiger partial charge in [-0.25, -0.2) is 0 Å². The second-order valence-corrected chi connectivity index (χ2v) is 8.55. The summed E-state index contributed by atoms with van der Waals surface area (Å²) in [5.74, 6) is -0.663. The number of nitrogens with zero attached hydrogens (tertiary/aromatic N) is 3. The highest BCUT2D eigenvalue weighted by molar-refractivity contribution is 7.10. The first kappa shape index (κ1) is 20.5. The van der Waals surface area contributed by atoms with E-state index >= 15 is 0 Å². The van der Waals surface area contributed by atoms with Gasteiger partial charge in [-0.05, 0) is 60.9 Å². The molecular weight excluding hydrogens is 454 g/mol. The van der Waals surface area contributed by atoms with E-state index in [9.17, 15) is 14.7 Å². The zero-order valence-electron chi connectivity index (χ0n) is 17.0. The number of anilines is 1. The molecule has 0 saturated carbocycles. The molecule has 0 fully saturated rings. The van der Waals surface area contributed by atoms with Crippen LogP contribution in [0.4, 0.5) is 5.00 Å². The third-order valence-electron chi connectivity index (χ3n) is 5.24. The van der Waals surface area contributed by atoms with Crippen molar-refractivity contribution < 1.29 is 19.7 Å². The van der Waals surface area contributed by atoms with Crippen molar-refractivity contribution in [2.24, 2.45) is 0 Å². The topological polar surface area (TPSA) is 93.9 Å². The molecule has 10 heteroatoms. The second kappa shape index (κ2) is 7.63. The first-order valence-corrected chi connectivity index (χ1v) is 10.7. The van der Waals surface area contributed by atoms with E-state index in [2.05, 4.69) is 4.37 Å². The minimum absolute atomic E-state index is 0.203. The maximum atomic E-state index is 13.6. The molecule has 5 rings (SSSR count). The van der Waals surface area contributed by atoms with Crippen molar-refractivity contribution in [1.29, 1.82) is 0 Å². The number of fused-ring (bicyclic) bond motifs is 2. The molecule has 2 aromatic heterocycles. The predicted molar refractivity (Wildman–Crippen MR) is 121 cm³/mol. The van der Waals surface area contributed by atoms with Gasteiger partial charge in [0.05, 0.1) is 11.2 Å². The number of amides is 1. The lowest BCUT2D eigenvalue weighted by atomic mass is 10.0. The van der Waals surface area contributed by atoms with Gasteiger partial charge in [0.2, 0.25) is 0 Å². The smallest absolute Gasteiger partial charge is 0.272 e. The Kier molecular flexibility index (Phi) is 4.89. The Morgan fingerprint density at radius 3 is 2.69 bits per heavy atom. The van der Waals surface area contributed by atoms with Gasteiger partial charge >= 0.3 is 0 Å². The van der Waals surface area contributed by atoms with E-state index in [1.165, 1.54) is 16.5 Å². The summed E-state index contributed by atoms with van der Waals surface area (Å²) in [6.45, 7) is 2.01. The Morgan fingerprint density at radius 2 is 2.00 bits per heavy atom. The number of hydrogen-bond donors (Lipinski definition) is 1. The third-order valence-corrected chi connectivity index (χ3v) is 6.45. The first-order chi connectivity index (χ1) is 15.3. The molecule has 162 valence electrons. The highest BCUT2D eigenvalue weighted by atomic mass is 35.5. The molecule has 1 amide bonds. The molecule has 0 unspecified atom stereocenters. The Hall–Kier alpha value is -3.40. The summed E-state index contributed by atoms with van der Waals surface area (Å²) in [5.41, 5.74) is 1.36. The summed E-state index contributed by atoms with van der Waals surface area (Å²) in [5, 5.41) is 12.4. The number of carbonyl (C=O) groups is 1. The molecule has 0 saturated heterocycles. The van der Waals surface area contributed by atoms with Gasteiger partial charge in [0.1, 0.15) is 22.9 Å². The molecule has 0 bridgehead atoms. The highest BCUT2D eigenvalue weighted by Crippen LogP contribution is 2.37. The Balaban J connectivity index is 1.80. The van der Waals surface area contributed by atoms with Crippen LogP contribution in [0, 0.1) is 6.92 Å². The van der Waals surface area contributed by atoms with Crippen molar-refractivity contribution in [3.05, 3.63) is 74.7 Å². The van der Waals surface area contributed by atoms with Crippen molar-refractivity contribution in [2.45, 2.75) is 13.5 Å². The molecule has 0 spiro atoms. The van der Waals surface area contributed by atoms with Crippen LogP contribution in [0.3, 0.4) is 0 Å². The summed E-state index contributed by atoms with van der Waals surface area (Å²) in [7, 11) is 1.53. The third kappa shape index (κ3) is 3.22. The maximum Gasteiger partial charge on any atom is 0.272 e. The lowest BCUT2D eigenvalue weighted by molar-refractivity contribution is -0.194. The molecule has 3 heterocycles. The molecule has 0 aliphatic carbocycles. The number of pyridine rings is 1. The molecule has 0 atom stereocenters. The maximum absolute atomic E-state index is 13.6. The number of rotatable bonds is 3. The van der Waals surface area contributed by atoms with Crippen LogP contribution in [-0.4, -0.2) is 27.0 Å². The molecule has 0 radical (unpaired) electrons. The normalized spacial score (nSPS) is 12.6. The van der Waals surface area contributed by atoms with Gasteiger partial charge < -0.3 is 14.9 Å². The van der Waals surface area contributed by atoms with E-state index in [0.29, 0.717) is 27.0 Å². The van der Waals surface area contributed by atoms with Crippen LogP contribution in [0.25, 0.3) is 16.6 Å². The van der Waals surface area contributed by atoms with Crippen LogP contribution < -0.4 is 15.3 Å². The second-order valence-electron chi connectivity index (χ2n) is 7.33. The zero-order chi connectivity index (χ0) is 22.6. The number of aromatic hydroxyl groups is 1. The van der Waals surface area contributed by atoms with Crippen molar-refractivity contribution >= 4 is 44.9 Å². The van der Waals surface area contributed by atoms with Gasteiger partial charge in [0.15, 0.2) is 5.75 Å². The van der Waals surface area contributed by atoms with Crippen LogP contribution >= 0.6 is 23.1 Å². The average molecular weight is 470 g/mol. The number of halogens is 1. The van der Waals surface area contributed by atoms with E-state index in [1.807, 2.05) is 6.92 Å². The predicted octanol–water partition coefficient (Wildman–Crippen LogP) is 4.22. The van der Waals surface area contributed by atoms with Gasteiger partial charge in [-0.2, -0.15) is 9.26 Å². The summed E-state index contributed by atoms with van der Waals surface area (Å²) in [4.78, 5) is 38.5. The fourth-order valence-corrected chi connectivity index (χ4v) is 4.45. The largest absolute Gasteiger partial charge is 0.506 e. The SMILES string of the molecule is Cc1cc(N(C)C(=O)c2c(O)c3cc4c(cc3n(-c3ccc(Cl)cc3)c2=O)COO4)sn1. The molecule has 32 heavy (non-hydrogen) atoms. The van der Waals surface area contributed by atoms with Crippen LogP contribution in [0.15, 0.2) is 47.3 Å².